The first kappa shape index (κ1) is 28.0. The van der Waals surface area contributed by atoms with Gasteiger partial charge in [0.2, 0.25) is 0 Å². The van der Waals surface area contributed by atoms with Crippen molar-refractivity contribution in [1.29, 1.82) is 0 Å². The standard InChI is InChI=1S/C31H37F3N2O2/c1-22(2)30(37)35-27-10-6-9-25(21-27)23-15-18-36(19-16-23)20-17-29(24-7-4-3-5-8-24)38-28-13-11-26(12-14-28)31(32,33)34/h3-14,21-23,29-30,35,37H,15-20H2,1-2H3/t29-,30?/m0/s1. The van der Waals surface area contributed by atoms with Crippen LogP contribution in [0.3, 0.4) is 0 Å². The summed E-state index contributed by atoms with van der Waals surface area (Å²) in [5.41, 5.74) is 2.56. The molecule has 1 unspecified atom stereocenters. The molecule has 0 spiro atoms. The van der Waals surface area contributed by atoms with Crippen LogP contribution >= 0.6 is 0 Å². The molecule has 1 aliphatic rings. The predicted molar refractivity (Wildman–Crippen MR) is 145 cm³/mol. The number of ether oxygens (including phenoxy) is 1. The highest BCUT2D eigenvalue weighted by atomic mass is 19.4. The van der Waals surface area contributed by atoms with Crippen molar-refractivity contribution >= 4 is 5.69 Å². The topological polar surface area (TPSA) is 44.7 Å². The average Bonchev–Trinajstić information content (AvgIpc) is 2.91. The van der Waals surface area contributed by atoms with Crippen LogP contribution in [0.4, 0.5) is 18.9 Å². The van der Waals surface area contributed by atoms with Gasteiger partial charge >= 0.3 is 6.18 Å². The van der Waals surface area contributed by atoms with Crippen LogP contribution in [0.1, 0.15) is 61.8 Å². The van der Waals surface area contributed by atoms with Crippen molar-refractivity contribution in [3.63, 3.8) is 0 Å². The normalized spacial score (nSPS) is 16.8. The lowest BCUT2D eigenvalue weighted by Gasteiger charge is -2.33. The third kappa shape index (κ3) is 7.74. The zero-order chi connectivity index (χ0) is 27.1. The van der Waals surface area contributed by atoms with E-state index >= 15 is 0 Å². The summed E-state index contributed by atoms with van der Waals surface area (Å²) in [4.78, 5) is 2.44. The number of alkyl halides is 3. The van der Waals surface area contributed by atoms with Crippen LogP contribution in [0.25, 0.3) is 0 Å². The van der Waals surface area contributed by atoms with Gasteiger partial charge in [-0.1, -0.05) is 56.3 Å². The van der Waals surface area contributed by atoms with Gasteiger partial charge in [0.05, 0.1) is 5.56 Å². The van der Waals surface area contributed by atoms with Crippen molar-refractivity contribution in [1.82, 2.24) is 4.90 Å². The zero-order valence-electron chi connectivity index (χ0n) is 22.0. The van der Waals surface area contributed by atoms with Crippen LogP contribution < -0.4 is 10.1 Å². The number of aliphatic hydroxyl groups is 1. The van der Waals surface area contributed by atoms with Crippen LogP contribution in [0.5, 0.6) is 5.75 Å². The Morgan fingerprint density at radius 3 is 2.26 bits per heavy atom. The first-order valence-electron chi connectivity index (χ1n) is 13.3. The Hall–Kier alpha value is -3.03. The van der Waals surface area contributed by atoms with E-state index in [-0.39, 0.29) is 12.0 Å². The average molecular weight is 527 g/mol. The van der Waals surface area contributed by atoms with Gasteiger partial charge in [0, 0.05) is 18.7 Å². The molecule has 2 atom stereocenters. The van der Waals surface area contributed by atoms with Crippen LogP contribution in [0.2, 0.25) is 0 Å². The molecule has 204 valence electrons. The van der Waals surface area contributed by atoms with Crippen LogP contribution in [-0.4, -0.2) is 35.9 Å². The van der Waals surface area contributed by atoms with Gasteiger partial charge in [-0.3, -0.25) is 0 Å². The van der Waals surface area contributed by atoms with Gasteiger partial charge in [0.1, 0.15) is 18.1 Å². The summed E-state index contributed by atoms with van der Waals surface area (Å²) in [7, 11) is 0. The Morgan fingerprint density at radius 1 is 0.947 bits per heavy atom. The highest BCUT2D eigenvalue weighted by molar-refractivity contribution is 5.47. The molecule has 3 aromatic rings. The SMILES string of the molecule is CC(C)C(O)Nc1cccc(C2CCN(CC[C@H](Oc3ccc(C(F)(F)F)cc3)c3ccccc3)CC2)c1. The number of aliphatic hydroxyl groups excluding tert-OH is 1. The third-order valence-electron chi connectivity index (χ3n) is 7.23. The number of benzene rings is 3. The van der Waals surface area contributed by atoms with E-state index in [1.807, 2.05) is 56.3 Å². The first-order valence-corrected chi connectivity index (χ1v) is 13.3. The molecule has 0 radical (unpaired) electrons. The summed E-state index contributed by atoms with van der Waals surface area (Å²) >= 11 is 0. The third-order valence-corrected chi connectivity index (χ3v) is 7.23. The monoisotopic (exact) mass is 526 g/mol. The van der Waals surface area contributed by atoms with Gasteiger partial charge < -0.3 is 20.1 Å². The van der Waals surface area contributed by atoms with Crippen molar-refractivity contribution in [3.05, 3.63) is 95.6 Å². The van der Waals surface area contributed by atoms with E-state index in [1.54, 1.807) is 0 Å². The summed E-state index contributed by atoms with van der Waals surface area (Å²) in [5, 5.41) is 13.4. The number of halogens is 3. The molecule has 3 aromatic carbocycles. The molecule has 1 saturated heterocycles. The largest absolute Gasteiger partial charge is 0.486 e. The van der Waals surface area contributed by atoms with Gasteiger partial charge in [0.25, 0.3) is 0 Å². The minimum absolute atomic E-state index is 0.129. The fourth-order valence-electron chi connectivity index (χ4n) is 4.86. The molecule has 0 saturated carbocycles. The molecular weight excluding hydrogens is 489 g/mol. The molecule has 4 rings (SSSR count). The highest BCUT2D eigenvalue weighted by Gasteiger charge is 2.30. The second kappa shape index (κ2) is 12.7. The lowest BCUT2D eigenvalue weighted by atomic mass is 9.89. The Labute approximate surface area is 223 Å². The number of piperidine rings is 1. The van der Waals surface area contributed by atoms with E-state index in [4.69, 9.17) is 4.74 Å². The van der Waals surface area contributed by atoms with Gasteiger partial charge in [-0.15, -0.1) is 0 Å². The summed E-state index contributed by atoms with van der Waals surface area (Å²) < 4.78 is 45.0. The Balaban J connectivity index is 1.34. The predicted octanol–water partition coefficient (Wildman–Crippen LogP) is 7.48. The smallest absolute Gasteiger partial charge is 0.416 e. The Bertz CT molecular complexity index is 1130. The van der Waals surface area contributed by atoms with E-state index in [0.29, 0.717) is 11.7 Å². The maximum atomic E-state index is 12.9. The molecule has 0 aromatic heterocycles. The Morgan fingerprint density at radius 2 is 1.63 bits per heavy atom. The lowest BCUT2D eigenvalue weighted by Crippen LogP contribution is -2.34. The van der Waals surface area contributed by atoms with E-state index < -0.39 is 18.0 Å². The molecule has 0 bridgehead atoms. The zero-order valence-corrected chi connectivity index (χ0v) is 22.0. The number of rotatable bonds is 10. The van der Waals surface area contributed by atoms with Crippen molar-refractivity contribution < 1.29 is 23.0 Å². The fraction of sp³-hybridized carbons (Fsp3) is 0.419. The molecule has 1 aliphatic heterocycles. The molecule has 38 heavy (non-hydrogen) atoms. The molecule has 2 N–H and O–H groups in total. The molecule has 1 heterocycles. The van der Waals surface area contributed by atoms with Crippen molar-refractivity contribution in [3.8, 4) is 5.75 Å². The van der Waals surface area contributed by atoms with Gasteiger partial charge in [0.15, 0.2) is 0 Å². The van der Waals surface area contributed by atoms with Gasteiger partial charge in [-0.25, -0.2) is 0 Å². The lowest BCUT2D eigenvalue weighted by molar-refractivity contribution is -0.137. The first-order chi connectivity index (χ1) is 18.2. The summed E-state index contributed by atoms with van der Waals surface area (Å²) in [6, 6.07) is 23.1. The molecule has 4 nitrogen and oxygen atoms in total. The maximum absolute atomic E-state index is 12.9. The van der Waals surface area contributed by atoms with Crippen molar-refractivity contribution in [2.75, 3.05) is 25.0 Å². The van der Waals surface area contributed by atoms with E-state index in [1.165, 1.54) is 17.7 Å². The van der Waals surface area contributed by atoms with E-state index in [0.717, 1.165) is 62.3 Å². The number of likely N-dealkylation sites (tertiary alicyclic amines) is 1. The quantitative estimate of drug-likeness (QED) is 0.269. The minimum Gasteiger partial charge on any atom is -0.486 e. The number of nitrogens with one attached hydrogen (secondary N) is 1. The van der Waals surface area contributed by atoms with Gasteiger partial charge in [-0.2, -0.15) is 13.2 Å². The second-order valence-corrected chi connectivity index (χ2v) is 10.4. The molecular formula is C31H37F3N2O2. The summed E-state index contributed by atoms with van der Waals surface area (Å²) in [5.74, 6) is 1.03. The van der Waals surface area contributed by atoms with Gasteiger partial charge in [-0.05, 0) is 85.3 Å². The van der Waals surface area contributed by atoms with Crippen molar-refractivity contribution in [2.24, 2.45) is 5.92 Å². The van der Waals surface area contributed by atoms with Crippen LogP contribution in [0, 0.1) is 5.92 Å². The number of nitrogens with zero attached hydrogens (tertiary/aromatic N) is 1. The van der Waals surface area contributed by atoms with E-state index in [9.17, 15) is 18.3 Å². The number of hydrogen-bond acceptors (Lipinski definition) is 4. The van der Waals surface area contributed by atoms with E-state index in [2.05, 4.69) is 22.3 Å². The highest BCUT2D eigenvalue weighted by Crippen LogP contribution is 2.33. The summed E-state index contributed by atoms with van der Waals surface area (Å²) in [6.07, 6.45) is -2.35. The second-order valence-electron chi connectivity index (χ2n) is 10.4. The summed E-state index contributed by atoms with van der Waals surface area (Å²) in [6.45, 7) is 6.74. The van der Waals surface area contributed by atoms with Crippen molar-refractivity contribution in [2.45, 2.75) is 57.5 Å². The fourth-order valence-corrected chi connectivity index (χ4v) is 4.86. The number of anilines is 1. The molecule has 0 amide bonds. The molecule has 0 aliphatic carbocycles. The van der Waals surface area contributed by atoms with Crippen LogP contribution in [-0.2, 0) is 6.18 Å². The molecule has 1 fully saturated rings. The number of hydrogen-bond donors (Lipinski definition) is 2. The van der Waals surface area contributed by atoms with Crippen LogP contribution in [0.15, 0.2) is 78.9 Å². The minimum atomic E-state index is -4.36. The maximum Gasteiger partial charge on any atom is 0.416 e. The molecule has 7 heteroatoms. The Kier molecular flexibility index (Phi) is 9.34.